The summed E-state index contributed by atoms with van der Waals surface area (Å²) >= 11 is 0. The van der Waals surface area contributed by atoms with E-state index in [1.165, 1.54) is 38.6 Å². The highest BCUT2D eigenvalue weighted by Gasteiger charge is 2.13. The maximum atomic E-state index is 5.11. The van der Waals surface area contributed by atoms with Crippen LogP contribution in [0.25, 0.3) is 0 Å². The molecule has 0 aliphatic carbocycles. The van der Waals surface area contributed by atoms with Gasteiger partial charge in [-0.05, 0) is 12.8 Å². The van der Waals surface area contributed by atoms with Crippen molar-refractivity contribution in [1.82, 2.24) is 0 Å². The molecule has 0 aromatic carbocycles. The third-order valence-corrected chi connectivity index (χ3v) is 2.77. The van der Waals surface area contributed by atoms with Crippen molar-refractivity contribution in [3.63, 3.8) is 0 Å². The Morgan fingerprint density at radius 2 is 1.57 bits per heavy atom. The molecule has 0 saturated carbocycles. The normalized spacial score (nSPS) is 12.0. The summed E-state index contributed by atoms with van der Waals surface area (Å²) in [6.45, 7) is 5.55. The molecule has 0 spiro atoms. The SMILES string of the molecule is CCCCCCC[N+](C)(C)CCOC. The van der Waals surface area contributed by atoms with Crippen molar-refractivity contribution in [3.05, 3.63) is 0 Å². The Labute approximate surface area is 89.8 Å². The summed E-state index contributed by atoms with van der Waals surface area (Å²) in [7, 11) is 6.36. The van der Waals surface area contributed by atoms with E-state index in [-0.39, 0.29) is 0 Å². The maximum Gasteiger partial charge on any atom is 0.102 e. The van der Waals surface area contributed by atoms with Gasteiger partial charge in [-0.3, -0.25) is 0 Å². The van der Waals surface area contributed by atoms with Crippen LogP contribution in [0.3, 0.4) is 0 Å². The zero-order valence-electron chi connectivity index (χ0n) is 10.5. The van der Waals surface area contributed by atoms with Crippen molar-refractivity contribution in [1.29, 1.82) is 0 Å². The number of likely N-dealkylation sites (N-methyl/N-ethyl adjacent to an activating group) is 1. The van der Waals surface area contributed by atoms with Gasteiger partial charge in [-0.1, -0.05) is 26.2 Å². The fraction of sp³-hybridized carbons (Fsp3) is 1.00. The molecule has 0 rings (SSSR count). The largest absolute Gasteiger partial charge is 0.379 e. The number of hydrogen-bond donors (Lipinski definition) is 0. The van der Waals surface area contributed by atoms with E-state index in [0.717, 1.165) is 17.6 Å². The summed E-state index contributed by atoms with van der Waals surface area (Å²) in [4.78, 5) is 0. The zero-order chi connectivity index (χ0) is 10.9. The van der Waals surface area contributed by atoms with Crippen LogP contribution in [0.1, 0.15) is 39.0 Å². The number of quaternary nitrogens is 1. The Morgan fingerprint density at radius 3 is 2.14 bits per heavy atom. The third-order valence-electron chi connectivity index (χ3n) is 2.77. The van der Waals surface area contributed by atoms with E-state index in [0.29, 0.717) is 0 Å². The Bertz CT molecular complexity index is 123. The van der Waals surface area contributed by atoms with Crippen LogP contribution in [0.4, 0.5) is 0 Å². The molecule has 14 heavy (non-hydrogen) atoms. The summed E-state index contributed by atoms with van der Waals surface area (Å²) in [6.07, 6.45) is 6.88. The van der Waals surface area contributed by atoms with Crippen molar-refractivity contribution in [3.8, 4) is 0 Å². The first kappa shape index (κ1) is 13.9. The van der Waals surface area contributed by atoms with Gasteiger partial charge in [-0.2, -0.15) is 0 Å². The molecule has 0 aliphatic heterocycles. The van der Waals surface area contributed by atoms with Crippen LogP contribution in [-0.2, 0) is 4.74 Å². The summed E-state index contributed by atoms with van der Waals surface area (Å²) in [5, 5.41) is 0. The van der Waals surface area contributed by atoms with E-state index in [2.05, 4.69) is 21.0 Å². The van der Waals surface area contributed by atoms with Gasteiger partial charge in [0.2, 0.25) is 0 Å². The van der Waals surface area contributed by atoms with Crippen LogP contribution in [0.15, 0.2) is 0 Å². The van der Waals surface area contributed by atoms with Crippen LogP contribution in [0.5, 0.6) is 0 Å². The Kier molecular flexibility index (Phi) is 8.20. The molecular formula is C12H28NO+. The number of unbranched alkanes of at least 4 members (excludes halogenated alkanes) is 4. The molecule has 0 saturated heterocycles. The van der Waals surface area contributed by atoms with Gasteiger partial charge in [0.15, 0.2) is 0 Å². The average Bonchev–Trinajstić information content (AvgIpc) is 2.15. The molecule has 0 bridgehead atoms. The lowest BCUT2D eigenvalue weighted by atomic mass is 10.1. The number of methoxy groups -OCH3 is 1. The van der Waals surface area contributed by atoms with E-state index < -0.39 is 0 Å². The van der Waals surface area contributed by atoms with E-state index >= 15 is 0 Å². The van der Waals surface area contributed by atoms with Crippen LogP contribution < -0.4 is 0 Å². The second-order valence-corrected chi connectivity index (χ2v) is 4.79. The van der Waals surface area contributed by atoms with Gasteiger partial charge in [0.25, 0.3) is 0 Å². The highest BCUT2D eigenvalue weighted by molar-refractivity contribution is 4.42. The Hall–Kier alpha value is -0.0800. The minimum absolute atomic E-state index is 0.877. The zero-order valence-corrected chi connectivity index (χ0v) is 10.5. The van der Waals surface area contributed by atoms with Gasteiger partial charge >= 0.3 is 0 Å². The second kappa shape index (κ2) is 8.25. The van der Waals surface area contributed by atoms with E-state index in [4.69, 9.17) is 4.74 Å². The van der Waals surface area contributed by atoms with Gasteiger partial charge in [0.1, 0.15) is 6.54 Å². The number of ether oxygens (including phenoxy) is 1. The molecule has 86 valence electrons. The van der Waals surface area contributed by atoms with Gasteiger partial charge in [-0.25, -0.2) is 0 Å². The molecule has 0 fully saturated rings. The van der Waals surface area contributed by atoms with Gasteiger partial charge in [0.05, 0.1) is 27.2 Å². The maximum absolute atomic E-state index is 5.11. The highest BCUT2D eigenvalue weighted by atomic mass is 16.5. The fourth-order valence-electron chi connectivity index (χ4n) is 1.59. The first-order chi connectivity index (χ1) is 6.62. The molecule has 0 unspecified atom stereocenters. The summed E-state index contributed by atoms with van der Waals surface area (Å²) < 4.78 is 6.20. The molecule has 0 N–H and O–H groups in total. The van der Waals surface area contributed by atoms with Crippen LogP contribution >= 0.6 is 0 Å². The molecule has 0 amide bonds. The molecule has 0 atom stereocenters. The minimum Gasteiger partial charge on any atom is -0.379 e. The number of hydrogen-bond acceptors (Lipinski definition) is 1. The van der Waals surface area contributed by atoms with Crippen molar-refractivity contribution >= 4 is 0 Å². The quantitative estimate of drug-likeness (QED) is 0.412. The monoisotopic (exact) mass is 202 g/mol. The molecule has 0 heterocycles. The highest BCUT2D eigenvalue weighted by Crippen LogP contribution is 2.06. The van der Waals surface area contributed by atoms with Gasteiger partial charge < -0.3 is 9.22 Å². The van der Waals surface area contributed by atoms with E-state index in [1.54, 1.807) is 7.11 Å². The molecule has 0 aromatic heterocycles. The van der Waals surface area contributed by atoms with Crippen LogP contribution in [0, 0.1) is 0 Å². The van der Waals surface area contributed by atoms with Crippen molar-refractivity contribution in [2.24, 2.45) is 0 Å². The molecule has 2 heteroatoms. The Morgan fingerprint density at radius 1 is 0.929 bits per heavy atom. The number of nitrogens with zero attached hydrogens (tertiary/aromatic N) is 1. The molecular weight excluding hydrogens is 174 g/mol. The molecule has 0 radical (unpaired) electrons. The summed E-state index contributed by atoms with van der Waals surface area (Å²) in [6, 6.07) is 0. The fourth-order valence-corrected chi connectivity index (χ4v) is 1.59. The lowest BCUT2D eigenvalue weighted by Gasteiger charge is -2.29. The minimum atomic E-state index is 0.877. The predicted octanol–water partition coefficient (Wildman–Crippen LogP) is 2.68. The van der Waals surface area contributed by atoms with E-state index in [9.17, 15) is 0 Å². The third kappa shape index (κ3) is 8.52. The lowest BCUT2D eigenvalue weighted by molar-refractivity contribution is -0.890. The van der Waals surface area contributed by atoms with Crippen molar-refractivity contribution in [2.75, 3.05) is 40.9 Å². The lowest BCUT2D eigenvalue weighted by Crippen LogP contribution is -2.42. The molecule has 0 aromatic rings. The first-order valence-corrected chi connectivity index (χ1v) is 5.93. The first-order valence-electron chi connectivity index (χ1n) is 5.93. The second-order valence-electron chi connectivity index (χ2n) is 4.79. The summed E-state index contributed by atoms with van der Waals surface area (Å²) in [5.41, 5.74) is 0. The van der Waals surface area contributed by atoms with E-state index in [1.807, 2.05) is 0 Å². The van der Waals surface area contributed by atoms with Crippen molar-refractivity contribution < 1.29 is 9.22 Å². The standard InChI is InChI=1S/C12H28NO/c1-5-6-7-8-9-10-13(2,3)11-12-14-4/h5-12H2,1-4H3/q+1. The topological polar surface area (TPSA) is 9.23 Å². The van der Waals surface area contributed by atoms with Crippen LogP contribution in [-0.4, -0.2) is 45.4 Å². The van der Waals surface area contributed by atoms with Gasteiger partial charge in [-0.15, -0.1) is 0 Å². The molecule has 0 aliphatic rings. The van der Waals surface area contributed by atoms with Crippen LogP contribution in [0.2, 0.25) is 0 Å². The number of rotatable bonds is 9. The predicted molar refractivity (Wildman–Crippen MR) is 62.5 cm³/mol. The molecule has 2 nitrogen and oxygen atoms in total. The van der Waals surface area contributed by atoms with Gasteiger partial charge in [0, 0.05) is 7.11 Å². The van der Waals surface area contributed by atoms with Crippen molar-refractivity contribution in [2.45, 2.75) is 39.0 Å². The Balaban J connectivity index is 3.35. The smallest absolute Gasteiger partial charge is 0.102 e. The average molecular weight is 202 g/mol. The summed E-state index contributed by atoms with van der Waals surface area (Å²) in [5.74, 6) is 0.